The number of hydrogen-bond donors (Lipinski definition) is 0. The Kier molecular flexibility index (Phi) is 2.00. The predicted molar refractivity (Wildman–Crippen MR) is 175 cm³/mol. The average molecular weight is 544 g/mol. The molecule has 0 radical (unpaired) electrons. The normalized spacial score (nSPS) is 19.8. The van der Waals surface area contributed by atoms with Gasteiger partial charge in [-0.05, 0) is 95.6 Å². The second kappa shape index (κ2) is 8.55. The van der Waals surface area contributed by atoms with Crippen molar-refractivity contribution in [2.45, 2.75) is 0 Å². The van der Waals surface area contributed by atoms with Gasteiger partial charge in [0.1, 0.15) is 11.2 Å². The van der Waals surface area contributed by atoms with Crippen LogP contribution in [0, 0.1) is 0 Å². The molecule has 41 heavy (non-hydrogen) atoms. The van der Waals surface area contributed by atoms with Crippen LogP contribution in [0.4, 0.5) is 0 Å². The lowest BCUT2D eigenvalue weighted by Crippen LogP contribution is -1.91. The number of furan rings is 1. The van der Waals surface area contributed by atoms with E-state index in [1.807, 2.05) is 0 Å². The summed E-state index contributed by atoms with van der Waals surface area (Å²) in [5, 5.41) is -4.73. The van der Waals surface area contributed by atoms with E-state index in [0.29, 0.717) is 0 Å². The average Bonchev–Trinajstić information content (AvgIpc) is 3.68. The molecule has 0 spiro atoms. The molecule has 1 heteroatoms. The first-order valence-corrected chi connectivity index (χ1v) is 12.2. The van der Waals surface area contributed by atoms with Crippen molar-refractivity contribution < 1.29 is 35.9 Å². The van der Waals surface area contributed by atoms with Gasteiger partial charge in [-0.1, -0.05) is 115 Å². The molecular weight excluding hydrogens is 496 g/mol. The Balaban J connectivity index is 1.60. The third-order valence-corrected chi connectivity index (χ3v) is 6.84. The van der Waals surface area contributed by atoms with Crippen molar-refractivity contribution in [3.8, 4) is 22.3 Å². The second-order valence-corrected chi connectivity index (χ2v) is 9.09. The van der Waals surface area contributed by atoms with E-state index in [2.05, 4.69) is 0 Å². The number of fused-ring (bicyclic) bond motifs is 7. The first-order chi connectivity index (χ1) is 29.9. The first kappa shape index (κ1) is 9.61. The van der Waals surface area contributed by atoms with Crippen LogP contribution in [-0.4, -0.2) is 0 Å². The fourth-order valence-corrected chi connectivity index (χ4v) is 5.08. The van der Waals surface area contributed by atoms with Gasteiger partial charge in [-0.3, -0.25) is 0 Å². The SMILES string of the molecule is [2H]c1cc2c([2H])c([2H])c([2H])c([2H])c2c([2H])c1-c1c2c([2H])c([2H])c([2H])c([2H])c2c(-c2c([2H])c([2H])c3oc4c([2H])c5c([2H])c([2H])c([2H])c([2H])c5c([2H])c4c3c2[2H])c2c([2H])c([2H])c([2H])c([2H])c12. The maximum absolute atomic E-state index is 9.73. The summed E-state index contributed by atoms with van der Waals surface area (Å²) in [5.41, 5.74) is -3.42. The summed E-state index contributed by atoms with van der Waals surface area (Å²) in [6.07, 6.45) is 0. The maximum atomic E-state index is 9.73. The van der Waals surface area contributed by atoms with Crippen LogP contribution in [0.3, 0.4) is 0 Å². The van der Waals surface area contributed by atoms with Crippen LogP contribution in [-0.2, 0) is 0 Å². The molecule has 0 saturated heterocycles. The fourth-order valence-electron chi connectivity index (χ4n) is 5.08. The summed E-state index contributed by atoms with van der Waals surface area (Å²) < 4.78 is 210. The van der Waals surface area contributed by atoms with Crippen molar-refractivity contribution in [2.24, 2.45) is 0 Å². The highest BCUT2D eigenvalue weighted by atomic mass is 16.3. The zero-order chi connectivity index (χ0) is 46.9. The third kappa shape index (κ3) is 3.36. The van der Waals surface area contributed by atoms with Crippen LogP contribution in [0.25, 0.3) is 87.3 Å². The van der Waals surface area contributed by atoms with E-state index in [1.54, 1.807) is 0 Å². The molecule has 0 aliphatic heterocycles. The Morgan fingerprint density at radius 1 is 0.366 bits per heavy atom. The molecule has 0 atom stereocenters. The van der Waals surface area contributed by atoms with Gasteiger partial charge in [0, 0.05) is 10.8 Å². The Bertz CT molecular complexity index is 3680. The van der Waals surface area contributed by atoms with Crippen molar-refractivity contribution in [3.05, 3.63) is 145 Å². The molecule has 9 rings (SSSR count). The Labute approximate surface area is 269 Å². The van der Waals surface area contributed by atoms with Crippen molar-refractivity contribution in [3.63, 3.8) is 0 Å². The van der Waals surface area contributed by atoms with E-state index in [1.165, 1.54) is 0 Å². The minimum atomic E-state index is -0.901. The standard InChI is InChI=1S/C40H24O/c1-2-10-26-21-29(18-17-25(26)9-1)39-31-13-5-7-15-33(31)40(34-16-8-6-14-32(34)39)30-19-20-37-35(23-30)36-22-27-11-3-4-12-28(27)24-38(36)41-37/h1-24H/i1D,2D,3D,4D,5D,6D,7D,8D,9D,10D,11D,12D,13D,14D,15D,16D,18D,19D,20D,21D,22D,23D,24D. The van der Waals surface area contributed by atoms with E-state index in [9.17, 15) is 13.7 Å². The molecule has 0 aliphatic rings. The quantitative estimate of drug-likeness (QED) is 0.198. The minimum absolute atomic E-state index is 0.256. The van der Waals surface area contributed by atoms with Gasteiger partial charge in [0.25, 0.3) is 0 Å². The van der Waals surface area contributed by atoms with Crippen LogP contribution in [0.15, 0.2) is 149 Å². The summed E-state index contributed by atoms with van der Waals surface area (Å²) >= 11 is 0. The first-order valence-electron chi connectivity index (χ1n) is 23.7. The molecule has 1 heterocycles. The molecule has 0 aliphatic carbocycles. The van der Waals surface area contributed by atoms with Gasteiger partial charge in [-0.2, -0.15) is 0 Å². The number of benzene rings is 8. The topological polar surface area (TPSA) is 13.1 Å². The summed E-state index contributed by atoms with van der Waals surface area (Å²) in [7, 11) is 0. The molecule has 190 valence electrons. The van der Waals surface area contributed by atoms with Crippen LogP contribution >= 0.6 is 0 Å². The Morgan fingerprint density at radius 3 is 1.49 bits per heavy atom. The molecule has 0 amide bonds. The van der Waals surface area contributed by atoms with E-state index < -0.39 is 221 Å². The monoisotopic (exact) mass is 543 g/mol. The van der Waals surface area contributed by atoms with Crippen molar-refractivity contribution >= 4 is 65.0 Å². The largest absolute Gasteiger partial charge is 0.456 e. The Hall–Kier alpha value is -5.40. The molecule has 1 aromatic heterocycles. The Morgan fingerprint density at radius 2 is 0.854 bits per heavy atom. The van der Waals surface area contributed by atoms with Gasteiger partial charge in [0.15, 0.2) is 0 Å². The highest BCUT2D eigenvalue weighted by molar-refractivity contribution is 6.22. The summed E-state index contributed by atoms with van der Waals surface area (Å²) in [5.74, 6) is 0. The zero-order valence-corrected chi connectivity index (χ0v) is 20.5. The summed E-state index contributed by atoms with van der Waals surface area (Å²) in [6.45, 7) is 0. The number of hydrogen-bond acceptors (Lipinski definition) is 1. The highest BCUT2D eigenvalue weighted by Crippen LogP contribution is 2.45. The molecule has 0 bridgehead atoms. The highest BCUT2D eigenvalue weighted by Gasteiger charge is 2.18. The van der Waals surface area contributed by atoms with Gasteiger partial charge in [-0.25, -0.2) is 0 Å². The van der Waals surface area contributed by atoms with Gasteiger partial charge >= 0.3 is 0 Å². The molecule has 9 aromatic rings. The molecule has 0 unspecified atom stereocenters. The zero-order valence-electron chi connectivity index (χ0n) is 43.5. The molecule has 0 saturated carbocycles. The van der Waals surface area contributed by atoms with Crippen molar-refractivity contribution in [1.29, 1.82) is 0 Å². The van der Waals surface area contributed by atoms with Crippen molar-refractivity contribution in [1.82, 2.24) is 0 Å². The lowest BCUT2D eigenvalue weighted by atomic mass is 9.85. The second-order valence-electron chi connectivity index (χ2n) is 9.09. The molecule has 0 N–H and O–H groups in total. The van der Waals surface area contributed by atoms with E-state index in [4.69, 9.17) is 22.2 Å². The predicted octanol–water partition coefficient (Wildman–Crippen LogP) is 11.5. The van der Waals surface area contributed by atoms with E-state index >= 15 is 0 Å². The summed E-state index contributed by atoms with van der Waals surface area (Å²) in [6, 6.07) is -16.8. The maximum Gasteiger partial charge on any atom is 0.136 e. The smallest absolute Gasteiger partial charge is 0.136 e. The van der Waals surface area contributed by atoms with Crippen molar-refractivity contribution in [2.75, 3.05) is 0 Å². The third-order valence-electron chi connectivity index (χ3n) is 6.84. The minimum Gasteiger partial charge on any atom is -0.456 e. The van der Waals surface area contributed by atoms with E-state index in [-0.39, 0.29) is 5.39 Å². The van der Waals surface area contributed by atoms with Crippen LogP contribution in [0.1, 0.15) is 31.5 Å². The van der Waals surface area contributed by atoms with Crippen LogP contribution in [0.2, 0.25) is 0 Å². The van der Waals surface area contributed by atoms with Crippen LogP contribution in [0.5, 0.6) is 0 Å². The van der Waals surface area contributed by atoms with Gasteiger partial charge in [0.05, 0.1) is 31.5 Å². The summed E-state index contributed by atoms with van der Waals surface area (Å²) in [4.78, 5) is 0. The molecule has 1 nitrogen and oxygen atoms in total. The lowest BCUT2D eigenvalue weighted by Gasteiger charge is -2.18. The lowest BCUT2D eigenvalue weighted by molar-refractivity contribution is 0.669. The van der Waals surface area contributed by atoms with Gasteiger partial charge in [0.2, 0.25) is 0 Å². The van der Waals surface area contributed by atoms with Gasteiger partial charge < -0.3 is 4.42 Å². The molecular formula is C40H24O. The molecule has 0 fully saturated rings. The molecule has 8 aromatic carbocycles. The fraction of sp³-hybridized carbons (Fsp3) is 0. The van der Waals surface area contributed by atoms with Crippen LogP contribution < -0.4 is 0 Å². The van der Waals surface area contributed by atoms with E-state index in [0.717, 1.165) is 6.07 Å². The van der Waals surface area contributed by atoms with Gasteiger partial charge in [-0.15, -0.1) is 0 Å². The number of rotatable bonds is 2.